The quantitative estimate of drug-likeness (QED) is 0.598. The highest BCUT2D eigenvalue weighted by atomic mass is 16.6. The molecular weight excluding hydrogens is 340 g/mol. The lowest BCUT2D eigenvalue weighted by Crippen LogP contribution is -2.72. The standard InChI is InChI=1S/C23H28O4/c1-5-23(26-4)20-22-10-6-7-14(16(22)12-21(23,2)13-24)11-15-8-9-17(25-3)19(27-20)18(15)22/h5,8-9,13-14,16,20H,1,6-7,10-12H2,2-4H3/t14-,16?,20-,21-,22+,23+/m1/s1. The van der Waals surface area contributed by atoms with Crippen LogP contribution in [0.5, 0.6) is 11.5 Å². The Balaban J connectivity index is 1.84. The van der Waals surface area contributed by atoms with Crippen molar-refractivity contribution in [2.45, 2.75) is 56.1 Å². The van der Waals surface area contributed by atoms with Crippen LogP contribution in [0.15, 0.2) is 24.8 Å². The minimum Gasteiger partial charge on any atom is -0.493 e. The minimum atomic E-state index is -0.855. The van der Waals surface area contributed by atoms with Gasteiger partial charge in [-0.2, -0.15) is 0 Å². The van der Waals surface area contributed by atoms with Crippen LogP contribution < -0.4 is 9.47 Å². The fourth-order valence-electron chi connectivity index (χ4n) is 7.18. The molecule has 2 bridgehead atoms. The molecule has 0 aromatic heterocycles. The maximum absolute atomic E-state index is 12.4. The van der Waals surface area contributed by atoms with Crippen molar-refractivity contribution in [1.29, 1.82) is 0 Å². The van der Waals surface area contributed by atoms with E-state index in [2.05, 4.69) is 12.6 Å². The molecule has 4 heteroatoms. The van der Waals surface area contributed by atoms with Gasteiger partial charge in [0.2, 0.25) is 0 Å². The molecule has 1 aliphatic heterocycles. The van der Waals surface area contributed by atoms with E-state index in [1.165, 1.54) is 24.0 Å². The summed E-state index contributed by atoms with van der Waals surface area (Å²) in [6.45, 7) is 6.13. The SMILES string of the molecule is C=C[C@]1(OC)[C@@H]2Oc3c(OC)ccc4c3[C@@]23CCC[C@H](C4)C3C[C@]1(C)C=O. The summed E-state index contributed by atoms with van der Waals surface area (Å²) < 4.78 is 18.5. The summed E-state index contributed by atoms with van der Waals surface area (Å²) in [6, 6.07) is 4.25. The van der Waals surface area contributed by atoms with E-state index in [0.717, 1.165) is 37.0 Å². The van der Waals surface area contributed by atoms with Gasteiger partial charge in [-0.3, -0.25) is 0 Å². The topological polar surface area (TPSA) is 44.8 Å². The Kier molecular flexibility index (Phi) is 3.44. The van der Waals surface area contributed by atoms with Crippen LogP contribution in [0.25, 0.3) is 0 Å². The van der Waals surface area contributed by atoms with Gasteiger partial charge in [0.25, 0.3) is 0 Å². The number of rotatable bonds is 4. The Labute approximate surface area is 160 Å². The lowest BCUT2D eigenvalue weighted by molar-refractivity contribution is -0.202. The highest BCUT2D eigenvalue weighted by molar-refractivity contribution is 5.68. The monoisotopic (exact) mass is 368 g/mol. The predicted octanol–water partition coefficient (Wildman–Crippen LogP) is 3.85. The predicted molar refractivity (Wildman–Crippen MR) is 102 cm³/mol. The number of benzene rings is 1. The molecule has 1 heterocycles. The Morgan fingerprint density at radius 3 is 2.81 bits per heavy atom. The van der Waals surface area contributed by atoms with Crippen molar-refractivity contribution >= 4 is 6.29 Å². The molecule has 1 aromatic rings. The molecule has 3 aliphatic carbocycles. The van der Waals surface area contributed by atoms with E-state index in [1.807, 2.05) is 19.1 Å². The van der Waals surface area contributed by atoms with Crippen LogP contribution in [0.4, 0.5) is 0 Å². The van der Waals surface area contributed by atoms with Crippen molar-refractivity contribution in [1.82, 2.24) is 0 Å². The molecule has 0 saturated heterocycles. The third kappa shape index (κ3) is 1.72. The van der Waals surface area contributed by atoms with Crippen molar-refractivity contribution in [2.75, 3.05) is 14.2 Å². The van der Waals surface area contributed by atoms with Gasteiger partial charge >= 0.3 is 0 Å². The number of ether oxygens (including phenoxy) is 3. The van der Waals surface area contributed by atoms with Crippen LogP contribution >= 0.6 is 0 Å². The fourth-order valence-corrected chi connectivity index (χ4v) is 7.18. The highest BCUT2D eigenvalue weighted by Crippen LogP contribution is 2.70. The van der Waals surface area contributed by atoms with Crippen molar-refractivity contribution < 1.29 is 19.0 Å². The first-order valence-corrected chi connectivity index (χ1v) is 10.0. The van der Waals surface area contributed by atoms with Gasteiger partial charge in [0.05, 0.1) is 12.5 Å². The molecule has 0 N–H and O–H groups in total. The summed E-state index contributed by atoms with van der Waals surface area (Å²) in [4.78, 5) is 12.4. The number of hydrogen-bond donors (Lipinski definition) is 0. The Bertz CT molecular complexity index is 832. The second-order valence-electron chi connectivity index (χ2n) is 9.07. The lowest BCUT2D eigenvalue weighted by atomic mass is 9.41. The van der Waals surface area contributed by atoms with Crippen molar-refractivity contribution in [2.24, 2.45) is 17.3 Å². The van der Waals surface area contributed by atoms with Gasteiger partial charge in [0.1, 0.15) is 18.0 Å². The Morgan fingerprint density at radius 1 is 1.33 bits per heavy atom. The smallest absolute Gasteiger partial charge is 0.165 e. The average molecular weight is 368 g/mol. The van der Waals surface area contributed by atoms with Crippen molar-refractivity contribution in [3.05, 3.63) is 35.9 Å². The van der Waals surface area contributed by atoms with Gasteiger partial charge in [-0.15, -0.1) is 6.58 Å². The third-order valence-electron chi connectivity index (χ3n) is 8.30. The summed E-state index contributed by atoms with van der Waals surface area (Å²) in [5.41, 5.74) is 1.07. The summed E-state index contributed by atoms with van der Waals surface area (Å²) in [5, 5.41) is 0. The molecule has 4 aliphatic rings. The summed E-state index contributed by atoms with van der Waals surface area (Å²) >= 11 is 0. The van der Waals surface area contributed by atoms with Crippen LogP contribution in [0.2, 0.25) is 0 Å². The number of methoxy groups -OCH3 is 2. The first-order chi connectivity index (χ1) is 13.0. The zero-order valence-corrected chi connectivity index (χ0v) is 16.4. The molecule has 5 rings (SSSR count). The Morgan fingerprint density at radius 2 is 2.15 bits per heavy atom. The van der Waals surface area contributed by atoms with E-state index < -0.39 is 11.0 Å². The molecule has 1 aromatic carbocycles. The van der Waals surface area contributed by atoms with Gasteiger partial charge in [-0.05, 0) is 56.1 Å². The lowest BCUT2D eigenvalue weighted by Gasteiger charge is -2.63. The van der Waals surface area contributed by atoms with Crippen LogP contribution in [0, 0.1) is 17.3 Å². The van der Waals surface area contributed by atoms with E-state index in [0.29, 0.717) is 11.8 Å². The van der Waals surface area contributed by atoms with Gasteiger partial charge in [-0.25, -0.2) is 0 Å². The molecule has 27 heavy (non-hydrogen) atoms. The second-order valence-corrected chi connectivity index (χ2v) is 9.07. The molecule has 4 nitrogen and oxygen atoms in total. The van der Waals surface area contributed by atoms with Gasteiger partial charge in [0.15, 0.2) is 11.5 Å². The zero-order valence-electron chi connectivity index (χ0n) is 16.4. The third-order valence-corrected chi connectivity index (χ3v) is 8.30. The van der Waals surface area contributed by atoms with Crippen LogP contribution in [-0.2, 0) is 21.4 Å². The van der Waals surface area contributed by atoms with Gasteiger partial charge in [0, 0.05) is 18.1 Å². The van der Waals surface area contributed by atoms with E-state index in [9.17, 15) is 4.79 Å². The first-order valence-electron chi connectivity index (χ1n) is 10.0. The van der Waals surface area contributed by atoms with Gasteiger partial charge < -0.3 is 19.0 Å². The number of hydrogen-bond acceptors (Lipinski definition) is 4. The Hall–Kier alpha value is -1.81. The molecule has 0 amide bonds. The molecule has 2 saturated carbocycles. The zero-order chi connectivity index (χ0) is 19.0. The maximum atomic E-state index is 12.4. The van der Waals surface area contributed by atoms with Gasteiger partial charge in [-0.1, -0.05) is 18.6 Å². The van der Waals surface area contributed by atoms with E-state index in [4.69, 9.17) is 14.2 Å². The maximum Gasteiger partial charge on any atom is 0.165 e. The number of carbonyl (C=O) groups is 1. The molecule has 6 atom stereocenters. The van der Waals surface area contributed by atoms with E-state index in [-0.39, 0.29) is 11.5 Å². The molecule has 0 radical (unpaired) electrons. The normalized spacial score (nSPS) is 43.4. The van der Waals surface area contributed by atoms with Crippen molar-refractivity contribution in [3.63, 3.8) is 0 Å². The minimum absolute atomic E-state index is 0.118. The summed E-state index contributed by atoms with van der Waals surface area (Å²) in [5.74, 6) is 2.66. The first kappa shape index (κ1) is 17.3. The van der Waals surface area contributed by atoms with Crippen molar-refractivity contribution in [3.8, 4) is 11.5 Å². The molecular formula is C23H28O4. The number of aldehydes is 1. The van der Waals surface area contributed by atoms with E-state index >= 15 is 0 Å². The largest absolute Gasteiger partial charge is 0.493 e. The fraction of sp³-hybridized carbons (Fsp3) is 0.609. The molecule has 2 fully saturated rings. The molecule has 1 spiro atoms. The van der Waals surface area contributed by atoms with Crippen LogP contribution in [0.1, 0.15) is 43.7 Å². The summed E-state index contributed by atoms with van der Waals surface area (Å²) in [6.07, 6.45) is 8.02. The summed E-state index contributed by atoms with van der Waals surface area (Å²) in [7, 11) is 3.38. The number of carbonyl (C=O) groups excluding carboxylic acids is 1. The van der Waals surface area contributed by atoms with E-state index in [1.54, 1.807) is 14.2 Å². The molecule has 1 unspecified atom stereocenters. The van der Waals surface area contributed by atoms with Crippen LogP contribution in [0.3, 0.4) is 0 Å². The molecule has 144 valence electrons. The average Bonchev–Trinajstić information content (AvgIpc) is 3.02. The second kappa shape index (κ2) is 5.38. The van der Waals surface area contributed by atoms with Crippen LogP contribution in [-0.4, -0.2) is 32.2 Å². The highest BCUT2D eigenvalue weighted by Gasteiger charge is 2.73.